The van der Waals surface area contributed by atoms with Crippen LogP contribution in [0.25, 0.3) is 16.9 Å². The second kappa shape index (κ2) is 6.10. The normalized spacial score (nSPS) is 12.3. The Morgan fingerprint density at radius 3 is 2.81 bits per heavy atom. The molecule has 0 saturated heterocycles. The van der Waals surface area contributed by atoms with E-state index in [2.05, 4.69) is 15.3 Å². The highest BCUT2D eigenvalue weighted by molar-refractivity contribution is 5.92. The maximum atomic E-state index is 12.3. The van der Waals surface area contributed by atoms with Crippen molar-refractivity contribution in [1.82, 2.24) is 20.0 Å². The lowest BCUT2D eigenvalue weighted by Gasteiger charge is -2.14. The molecule has 0 bridgehead atoms. The lowest BCUT2D eigenvalue weighted by molar-refractivity contribution is -0.384. The number of fused-ring (bicyclic) bond motifs is 3. The van der Waals surface area contributed by atoms with Crippen molar-refractivity contribution in [3.63, 3.8) is 0 Å². The molecular formula is C17H15N5O4. The second-order valence-corrected chi connectivity index (χ2v) is 5.84. The summed E-state index contributed by atoms with van der Waals surface area (Å²) in [4.78, 5) is 22.8. The zero-order chi connectivity index (χ0) is 18.3. The number of nitrogens with one attached hydrogen (secondary N) is 1. The molecule has 0 unspecified atom stereocenters. The van der Waals surface area contributed by atoms with Crippen LogP contribution in [0.2, 0.25) is 0 Å². The monoisotopic (exact) mass is 353 g/mol. The molecule has 9 nitrogen and oxygen atoms in total. The van der Waals surface area contributed by atoms with Gasteiger partial charge in [-0.2, -0.15) is 10.2 Å². The van der Waals surface area contributed by atoms with Gasteiger partial charge in [0, 0.05) is 29.0 Å². The molecule has 0 radical (unpaired) electrons. The summed E-state index contributed by atoms with van der Waals surface area (Å²) in [7, 11) is 0. The number of carbonyl (C=O) groups excluding carboxylic acids is 1. The molecule has 0 spiro atoms. The Labute approximate surface area is 147 Å². The van der Waals surface area contributed by atoms with Crippen molar-refractivity contribution in [2.45, 2.75) is 19.8 Å². The molecule has 2 heterocycles. The van der Waals surface area contributed by atoms with Crippen LogP contribution in [0.3, 0.4) is 0 Å². The van der Waals surface area contributed by atoms with Gasteiger partial charge < -0.3 is 4.74 Å². The predicted molar refractivity (Wildman–Crippen MR) is 91.2 cm³/mol. The van der Waals surface area contributed by atoms with Gasteiger partial charge in [0.2, 0.25) is 0 Å². The number of hydrogen-bond acceptors (Lipinski definition) is 6. The number of aromatic amines is 1. The minimum Gasteiger partial charge on any atom is -0.461 e. The molecule has 26 heavy (non-hydrogen) atoms. The van der Waals surface area contributed by atoms with Crippen LogP contribution in [0.1, 0.15) is 28.7 Å². The molecule has 1 aliphatic carbocycles. The molecule has 0 aliphatic heterocycles. The third-order valence-electron chi connectivity index (χ3n) is 4.36. The number of esters is 1. The summed E-state index contributed by atoms with van der Waals surface area (Å²) in [6.45, 7) is 2.00. The molecule has 1 N–H and O–H groups in total. The molecule has 0 amide bonds. The van der Waals surface area contributed by atoms with Gasteiger partial charge in [-0.15, -0.1) is 0 Å². The van der Waals surface area contributed by atoms with Gasteiger partial charge in [-0.1, -0.05) is 0 Å². The smallest absolute Gasteiger partial charge is 0.359 e. The standard InChI is InChI=1S/C17H15N5O4/c1-2-26-17(23)15-12-7-8-14-13(9-18-19-14)16(12)21(20-15)10-3-5-11(6-4-10)22(24)25/h3-6,9H,2,7-8H2,1H3,(H,18,19). The lowest BCUT2D eigenvalue weighted by atomic mass is 9.94. The highest BCUT2D eigenvalue weighted by Gasteiger charge is 2.30. The van der Waals surface area contributed by atoms with Gasteiger partial charge in [-0.25, -0.2) is 9.48 Å². The minimum absolute atomic E-state index is 0.00982. The van der Waals surface area contributed by atoms with E-state index in [1.54, 1.807) is 29.9 Å². The number of nitro groups is 1. The summed E-state index contributed by atoms with van der Waals surface area (Å²) < 4.78 is 6.76. The van der Waals surface area contributed by atoms with Crippen molar-refractivity contribution in [3.05, 3.63) is 57.5 Å². The second-order valence-electron chi connectivity index (χ2n) is 5.84. The Balaban J connectivity index is 1.90. The van der Waals surface area contributed by atoms with Crippen LogP contribution in [0, 0.1) is 10.1 Å². The van der Waals surface area contributed by atoms with Gasteiger partial charge in [-0.3, -0.25) is 15.2 Å². The molecule has 4 rings (SSSR count). The Kier molecular flexibility index (Phi) is 3.76. The van der Waals surface area contributed by atoms with Crippen molar-refractivity contribution in [2.75, 3.05) is 6.61 Å². The number of rotatable bonds is 4. The number of ether oxygens (including phenoxy) is 1. The number of aromatic nitrogens is 4. The summed E-state index contributed by atoms with van der Waals surface area (Å²) in [6.07, 6.45) is 3.05. The van der Waals surface area contributed by atoms with Gasteiger partial charge in [0.05, 0.1) is 29.1 Å². The van der Waals surface area contributed by atoms with Gasteiger partial charge in [0.15, 0.2) is 5.69 Å². The molecule has 0 fully saturated rings. The zero-order valence-corrected chi connectivity index (χ0v) is 13.9. The molecule has 9 heteroatoms. The van der Waals surface area contributed by atoms with Crippen LogP contribution in [0.4, 0.5) is 5.69 Å². The maximum absolute atomic E-state index is 12.3. The first-order valence-electron chi connectivity index (χ1n) is 8.16. The first-order chi connectivity index (χ1) is 12.6. The fourth-order valence-electron chi connectivity index (χ4n) is 3.19. The van der Waals surface area contributed by atoms with Gasteiger partial charge in [0.1, 0.15) is 0 Å². The zero-order valence-electron chi connectivity index (χ0n) is 13.9. The van der Waals surface area contributed by atoms with E-state index in [1.165, 1.54) is 12.1 Å². The minimum atomic E-state index is -0.476. The predicted octanol–water partition coefficient (Wildman–Crippen LogP) is 2.45. The van der Waals surface area contributed by atoms with E-state index in [9.17, 15) is 14.9 Å². The third kappa shape index (κ3) is 2.44. The quantitative estimate of drug-likeness (QED) is 0.437. The van der Waals surface area contributed by atoms with Crippen LogP contribution in [-0.4, -0.2) is 37.5 Å². The highest BCUT2D eigenvalue weighted by Crippen LogP contribution is 2.36. The van der Waals surface area contributed by atoms with Crippen LogP contribution in [-0.2, 0) is 17.6 Å². The SMILES string of the molecule is CCOC(=O)c1nn(-c2ccc([N+](=O)[O-])cc2)c2c1CCc1[nH]ncc1-2. The fourth-order valence-corrected chi connectivity index (χ4v) is 3.19. The van der Waals surface area contributed by atoms with Gasteiger partial charge in [0.25, 0.3) is 5.69 Å². The van der Waals surface area contributed by atoms with E-state index >= 15 is 0 Å². The first-order valence-corrected chi connectivity index (χ1v) is 8.16. The van der Waals surface area contributed by atoms with Crippen LogP contribution < -0.4 is 0 Å². The van der Waals surface area contributed by atoms with E-state index in [0.717, 1.165) is 28.9 Å². The van der Waals surface area contributed by atoms with Gasteiger partial charge in [-0.05, 0) is 31.9 Å². The van der Waals surface area contributed by atoms with Crippen LogP contribution in [0.15, 0.2) is 30.5 Å². The van der Waals surface area contributed by atoms with Crippen molar-refractivity contribution >= 4 is 11.7 Å². The fraction of sp³-hybridized carbons (Fsp3) is 0.235. The van der Waals surface area contributed by atoms with Crippen molar-refractivity contribution < 1.29 is 14.5 Å². The van der Waals surface area contributed by atoms with Crippen molar-refractivity contribution in [1.29, 1.82) is 0 Å². The summed E-state index contributed by atoms with van der Waals surface area (Å²) in [6, 6.07) is 6.03. The molecule has 132 valence electrons. The van der Waals surface area contributed by atoms with E-state index in [1.807, 2.05) is 0 Å². The average Bonchev–Trinajstić information content (AvgIpc) is 3.26. The highest BCUT2D eigenvalue weighted by atomic mass is 16.6. The summed E-state index contributed by atoms with van der Waals surface area (Å²) in [5.74, 6) is -0.476. The molecular weight excluding hydrogens is 338 g/mol. The van der Waals surface area contributed by atoms with E-state index in [0.29, 0.717) is 12.1 Å². The number of benzene rings is 1. The number of non-ortho nitro benzene ring substituents is 1. The number of hydrogen-bond donors (Lipinski definition) is 1. The molecule has 2 aromatic heterocycles. The lowest BCUT2D eigenvalue weighted by Crippen LogP contribution is -2.10. The topological polar surface area (TPSA) is 116 Å². The first kappa shape index (κ1) is 16.0. The maximum Gasteiger partial charge on any atom is 0.359 e. The van der Waals surface area contributed by atoms with Crippen molar-refractivity contribution in [2.24, 2.45) is 0 Å². The third-order valence-corrected chi connectivity index (χ3v) is 4.36. The molecule has 0 saturated carbocycles. The Hall–Kier alpha value is -3.49. The Morgan fingerprint density at radius 2 is 2.12 bits per heavy atom. The van der Waals surface area contributed by atoms with E-state index in [4.69, 9.17) is 4.74 Å². The molecule has 1 aliphatic rings. The molecule has 1 aromatic carbocycles. The molecule has 3 aromatic rings. The van der Waals surface area contributed by atoms with E-state index in [-0.39, 0.29) is 18.0 Å². The number of nitrogens with zero attached hydrogens (tertiary/aromatic N) is 4. The van der Waals surface area contributed by atoms with E-state index < -0.39 is 10.9 Å². The summed E-state index contributed by atoms with van der Waals surface area (Å²) >= 11 is 0. The molecule has 0 atom stereocenters. The largest absolute Gasteiger partial charge is 0.461 e. The average molecular weight is 353 g/mol. The Morgan fingerprint density at radius 1 is 1.35 bits per heavy atom. The summed E-state index contributed by atoms with van der Waals surface area (Å²) in [5, 5.41) is 22.4. The van der Waals surface area contributed by atoms with Crippen LogP contribution in [0.5, 0.6) is 0 Å². The van der Waals surface area contributed by atoms with Crippen LogP contribution >= 0.6 is 0 Å². The number of nitro benzene ring substituents is 1. The van der Waals surface area contributed by atoms with Gasteiger partial charge >= 0.3 is 5.97 Å². The van der Waals surface area contributed by atoms with Crippen molar-refractivity contribution in [3.8, 4) is 16.9 Å². The number of carbonyl (C=O) groups is 1. The number of H-pyrrole nitrogens is 1. The Bertz CT molecular complexity index is 1000. The summed E-state index contributed by atoms with van der Waals surface area (Å²) in [5.41, 5.74) is 4.28. The number of aryl methyl sites for hydroxylation is 1.